The number of alkyl halides is 3. The summed E-state index contributed by atoms with van der Waals surface area (Å²) in [7, 11) is 0. The lowest BCUT2D eigenvalue weighted by Crippen LogP contribution is -2.38. The molecule has 1 amide bonds. The van der Waals surface area contributed by atoms with E-state index in [-0.39, 0.29) is 35.9 Å². The maximum absolute atomic E-state index is 13.8. The zero-order valence-electron chi connectivity index (χ0n) is 17.0. The standard InChI is InChI=1S/C22H17F4N3O4/c23-18-9-16(3-4-17(18)22(24,25)26)33-15-2-1-12-5-6-29(11-14(12)7-15)19(30)8-13-10-27-21(32)28-20(13)31/h1-4,7,9-10H,5-6,8,11H2,(H2,27,28,31,32). The average Bonchev–Trinajstić information content (AvgIpc) is 2.74. The fourth-order valence-electron chi connectivity index (χ4n) is 3.58. The second kappa shape index (κ2) is 8.57. The van der Waals surface area contributed by atoms with Gasteiger partial charge in [-0.2, -0.15) is 13.2 Å². The number of H-pyrrole nitrogens is 2. The van der Waals surface area contributed by atoms with Gasteiger partial charge in [0.1, 0.15) is 17.3 Å². The van der Waals surface area contributed by atoms with Gasteiger partial charge in [-0.1, -0.05) is 6.07 Å². The largest absolute Gasteiger partial charge is 0.457 e. The zero-order valence-corrected chi connectivity index (χ0v) is 17.0. The quantitative estimate of drug-likeness (QED) is 0.582. The normalized spacial score (nSPS) is 13.5. The van der Waals surface area contributed by atoms with E-state index in [9.17, 15) is 31.9 Å². The number of rotatable bonds is 4. The number of aromatic amines is 2. The van der Waals surface area contributed by atoms with Gasteiger partial charge in [0.05, 0.1) is 12.0 Å². The number of carbonyl (C=O) groups excluding carboxylic acids is 1. The molecule has 0 bridgehead atoms. The molecule has 3 aromatic rings. The minimum atomic E-state index is -4.80. The lowest BCUT2D eigenvalue weighted by molar-refractivity contribution is -0.140. The first-order chi connectivity index (χ1) is 15.6. The molecule has 0 atom stereocenters. The smallest absolute Gasteiger partial charge is 0.419 e. The summed E-state index contributed by atoms with van der Waals surface area (Å²) in [6.07, 6.45) is -3.24. The molecule has 2 heterocycles. The fraction of sp³-hybridized carbons (Fsp3) is 0.227. The van der Waals surface area contributed by atoms with Gasteiger partial charge in [0.25, 0.3) is 5.56 Å². The Morgan fingerprint density at radius 3 is 2.48 bits per heavy atom. The highest BCUT2D eigenvalue weighted by Crippen LogP contribution is 2.34. The summed E-state index contributed by atoms with van der Waals surface area (Å²) in [5, 5.41) is 0. The zero-order chi connectivity index (χ0) is 23.8. The number of halogens is 4. The van der Waals surface area contributed by atoms with Crippen molar-refractivity contribution < 1.29 is 27.1 Å². The highest BCUT2D eigenvalue weighted by molar-refractivity contribution is 5.79. The van der Waals surface area contributed by atoms with Crippen molar-refractivity contribution in [2.75, 3.05) is 6.54 Å². The van der Waals surface area contributed by atoms with Crippen LogP contribution in [0.5, 0.6) is 11.5 Å². The molecule has 33 heavy (non-hydrogen) atoms. The van der Waals surface area contributed by atoms with E-state index < -0.39 is 28.8 Å². The summed E-state index contributed by atoms with van der Waals surface area (Å²) >= 11 is 0. The minimum Gasteiger partial charge on any atom is -0.457 e. The number of hydrogen-bond donors (Lipinski definition) is 2. The third-order valence-corrected chi connectivity index (χ3v) is 5.26. The number of nitrogens with one attached hydrogen (secondary N) is 2. The van der Waals surface area contributed by atoms with Gasteiger partial charge in [0.2, 0.25) is 5.91 Å². The second-order valence-corrected chi connectivity index (χ2v) is 7.51. The predicted octanol–water partition coefficient (Wildman–Crippen LogP) is 3.14. The summed E-state index contributed by atoms with van der Waals surface area (Å²) < 4.78 is 57.5. The number of fused-ring (bicyclic) bond motifs is 1. The Kier molecular flexibility index (Phi) is 5.79. The average molecular weight is 463 g/mol. The Bertz CT molecular complexity index is 1330. The van der Waals surface area contributed by atoms with Crippen LogP contribution < -0.4 is 16.0 Å². The van der Waals surface area contributed by atoms with Crippen molar-refractivity contribution in [2.45, 2.75) is 25.6 Å². The number of benzene rings is 2. The number of carbonyl (C=O) groups is 1. The third kappa shape index (κ3) is 4.97. The second-order valence-electron chi connectivity index (χ2n) is 7.51. The van der Waals surface area contributed by atoms with E-state index in [0.717, 1.165) is 17.2 Å². The number of nitrogens with zero attached hydrogens (tertiary/aromatic N) is 1. The van der Waals surface area contributed by atoms with Crippen molar-refractivity contribution in [3.8, 4) is 11.5 Å². The molecule has 0 spiro atoms. The lowest BCUT2D eigenvalue weighted by atomic mass is 9.99. The number of aromatic nitrogens is 2. The molecule has 11 heteroatoms. The van der Waals surface area contributed by atoms with Gasteiger partial charge < -0.3 is 14.6 Å². The van der Waals surface area contributed by atoms with Gasteiger partial charge in [-0.05, 0) is 41.8 Å². The van der Waals surface area contributed by atoms with E-state index in [2.05, 4.69) is 9.97 Å². The first-order valence-corrected chi connectivity index (χ1v) is 9.85. The Morgan fingerprint density at radius 1 is 1.06 bits per heavy atom. The van der Waals surface area contributed by atoms with Gasteiger partial charge in [-0.15, -0.1) is 0 Å². The number of ether oxygens (including phenoxy) is 1. The molecular weight excluding hydrogens is 446 g/mol. The van der Waals surface area contributed by atoms with Crippen LogP contribution in [0, 0.1) is 5.82 Å². The molecule has 1 aliphatic heterocycles. The van der Waals surface area contributed by atoms with Crippen LogP contribution in [-0.2, 0) is 30.4 Å². The van der Waals surface area contributed by atoms with E-state index in [0.29, 0.717) is 25.1 Å². The number of amides is 1. The van der Waals surface area contributed by atoms with E-state index >= 15 is 0 Å². The molecule has 0 saturated carbocycles. The third-order valence-electron chi connectivity index (χ3n) is 5.26. The maximum Gasteiger partial charge on any atom is 0.419 e. The SMILES string of the molecule is O=C(Cc1c[nH]c(=O)[nH]c1=O)N1CCc2ccc(Oc3ccc(C(F)(F)F)c(F)c3)cc2C1. The maximum atomic E-state index is 13.8. The van der Waals surface area contributed by atoms with Crippen molar-refractivity contribution in [3.05, 3.63) is 91.5 Å². The summed E-state index contributed by atoms with van der Waals surface area (Å²) in [4.78, 5) is 41.5. The highest BCUT2D eigenvalue weighted by atomic mass is 19.4. The van der Waals surface area contributed by atoms with Crippen LogP contribution in [0.2, 0.25) is 0 Å². The molecule has 0 unspecified atom stereocenters. The Balaban J connectivity index is 1.48. The van der Waals surface area contributed by atoms with Crippen LogP contribution in [0.25, 0.3) is 0 Å². The molecule has 0 fully saturated rings. The highest BCUT2D eigenvalue weighted by Gasteiger charge is 2.34. The molecular formula is C22H17F4N3O4. The molecule has 7 nitrogen and oxygen atoms in total. The van der Waals surface area contributed by atoms with E-state index in [1.807, 2.05) is 0 Å². The van der Waals surface area contributed by atoms with Crippen LogP contribution in [0.15, 0.2) is 52.2 Å². The van der Waals surface area contributed by atoms with Crippen LogP contribution in [0.3, 0.4) is 0 Å². The summed E-state index contributed by atoms with van der Waals surface area (Å²) in [6.45, 7) is 0.658. The minimum absolute atomic E-state index is 0.0958. The van der Waals surface area contributed by atoms with Crippen molar-refractivity contribution in [3.63, 3.8) is 0 Å². The van der Waals surface area contributed by atoms with Crippen LogP contribution in [-0.4, -0.2) is 27.3 Å². The van der Waals surface area contributed by atoms with Crippen molar-refractivity contribution in [1.29, 1.82) is 0 Å². The van der Waals surface area contributed by atoms with Crippen molar-refractivity contribution in [2.24, 2.45) is 0 Å². The molecule has 2 N–H and O–H groups in total. The van der Waals surface area contributed by atoms with Crippen molar-refractivity contribution in [1.82, 2.24) is 14.9 Å². The molecule has 0 aliphatic carbocycles. The van der Waals surface area contributed by atoms with Crippen LogP contribution in [0.1, 0.15) is 22.3 Å². The van der Waals surface area contributed by atoms with E-state index in [4.69, 9.17) is 4.74 Å². The lowest BCUT2D eigenvalue weighted by Gasteiger charge is -2.29. The van der Waals surface area contributed by atoms with E-state index in [1.165, 1.54) is 6.20 Å². The predicted molar refractivity (Wildman–Crippen MR) is 108 cm³/mol. The Labute approximate surface area is 183 Å². The molecule has 0 radical (unpaired) electrons. The molecule has 1 aromatic heterocycles. The van der Waals surface area contributed by atoms with Gasteiger partial charge >= 0.3 is 11.9 Å². The molecule has 0 saturated heterocycles. The summed E-state index contributed by atoms with van der Waals surface area (Å²) in [5.74, 6) is -1.57. The molecule has 1 aliphatic rings. The summed E-state index contributed by atoms with van der Waals surface area (Å²) in [6, 6.07) is 7.34. The topological polar surface area (TPSA) is 95.3 Å². The van der Waals surface area contributed by atoms with Gasteiger partial charge in [-0.25, -0.2) is 9.18 Å². The first kappa shape index (κ1) is 22.3. The fourth-order valence-corrected chi connectivity index (χ4v) is 3.58. The molecule has 172 valence electrons. The number of hydrogen-bond acceptors (Lipinski definition) is 4. The Hall–Kier alpha value is -3.89. The Morgan fingerprint density at radius 2 is 1.79 bits per heavy atom. The van der Waals surface area contributed by atoms with Gasteiger partial charge in [0.15, 0.2) is 0 Å². The summed E-state index contributed by atoms with van der Waals surface area (Å²) in [5.41, 5.74) is -0.822. The van der Waals surface area contributed by atoms with E-state index in [1.54, 1.807) is 23.1 Å². The monoisotopic (exact) mass is 463 g/mol. The molecule has 2 aromatic carbocycles. The van der Waals surface area contributed by atoms with Gasteiger partial charge in [-0.3, -0.25) is 14.6 Å². The molecule has 4 rings (SSSR count). The van der Waals surface area contributed by atoms with Gasteiger partial charge in [0, 0.05) is 30.9 Å². The van der Waals surface area contributed by atoms with Crippen LogP contribution in [0.4, 0.5) is 17.6 Å². The van der Waals surface area contributed by atoms with Crippen LogP contribution >= 0.6 is 0 Å². The van der Waals surface area contributed by atoms with Crippen molar-refractivity contribution >= 4 is 5.91 Å². The first-order valence-electron chi connectivity index (χ1n) is 9.85.